The fraction of sp³-hybridized carbons (Fsp3) is 0.385. The number of rotatable bonds is 5. The lowest BCUT2D eigenvalue weighted by molar-refractivity contribution is -0.120. The number of benzene rings is 1. The van der Waals surface area contributed by atoms with Crippen LogP contribution >= 0.6 is 12.2 Å². The van der Waals surface area contributed by atoms with Crippen LogP contribution in [0.15, 0.2) is 24.3 Å². The molecule has 17 heavy (non-hydrogen) atoms. The van der Waals surface area contributed by atoms with Crippen LogP contribution in [0.1, 0.15) is 18.1 Å². The smallest absolute Gasteiger partial charge is 0.224 e. The van der Waals surface area contributed by atoms with E-state index >= 15 is 0 Å². The second-order valence-corrected chi connectivity index (χ2v) is 4.74. The van der Waals surface area contributed by atoms with Crippen LogP contribution in [0.5, 0.6) is 0 Å². The van der Waals surface area contributed by atoms with Crippen molar-refractivity contribution in [1.29, 1.82) is 0 Å². The van der Waals surface area contributed by atoms with Crippen molar-refractivity contribution in [1.82, 2.24) is 5.32 Å². The summed E-state index contributed by atoms with van der Waals surface area (Å²) in [4.78, 5) is 12.1. The van der Waals surface area contributed by atoms with E-state index in [2.05, 4.69) is 5.32 Å². The molecule has 0 bridgehead atoms. The number of amides is 1. The van der Waals surface area contributed by atoms with Crippen LogP contribution in [0.2, 0.25) is 0 Å². The van der Waals surface area contributed by atoms with Gasteiger partial charge in [0.25, 0.3) is 0 Å². The van der Waals surface area contributed by atoms with Crippen molar-refractivity contribution in [3.05, 3.63) is 35.4 Å². The lowest BCUT2D eigenvalue weighted by Crippen LogP contribution is -2.34. The molecule has 0 saturated heterocycles. The van der Waals surface area contributed by atoms with E-state index in [4.69, 9.17) is 18.0 Å². The van der Waals surface area contributed by atoms with Crippen molar-refractivity contribution in [3.63, 3.8) is 0 Å². The lowest BCUT2D eigenvalue weighted by Gasteiger charge is -2.11. The number of hydrogen-bond acceptors (Lipinski definition) is 2. The van der Waals surface area contributed by atoms with Gasteiger partial charge in [-0.05, 0) is 12.5 Å². The monoisotopic (exact) mass is 250 g/mol. The Morgan fingerprint density at radius 3 is 2.82 bits per heavy atom. The zero-order chi connectivity index (χ0) is 12.8. The number of carbonyl (C=O) groups excluding carboxylic acids is 1. The van der Waals surface area contributed by atoms with Crippen LogP contribution in [-0.4, -0.2) is 17.4 Å². The highest BCUT2D eigenvalue weighted by molar-refractivity contribution is 7.80. The van der Waals surface area contributed by atoms with Gasteiger partial charge in [-0.2, -0.15) is 0 Å². The maximum atomic E-state index is 11.7. The van der Waals surface area contributed by atoms with Gasteiger partial charge in [-0.15, -0.1) is 0 Å². The van der Waals surface area contributed by atoms with Crippen molar-refractivity contribution in [2.45, 2.75) is 20.3 Å². The van der Waals surface area contributed by atoms with Crippen molar-refractivity contribution >= 4 is 23.1 Å². The molecular weight excluding hydrogens is 232 g/mol. The van der Waals surface area contributed by atoms with Crippen molar-refractivity contribution in [3.8, 4) is 0 Å². The number of hydrogen-bond donors (Lipinski definition) is 2. The Morgan fingerprint density at radius 1 is 1.53 bits per heavy atom. The molecule has 1 amide bonds. The van der Waals surface area contributed by atoms with Gasteiger partial charge >= 0.3 is 0 Å². The Labute approximate surface area is 107 Å². The highest BCUT2D eigenvalue weighted by Gasteiger charge is 2.08. The summed E-state index contributed by atoms with van der Waals surface area (Å²) >= 11 is 4.84. The Morgan fingerprint density at radius 2 is 2.24 bits per heavy atom. The molecule has 4 heteroatoms. The third-order valence-corrected chi connectivity index (χ3v) is 2.94. The summed E-state index contributed by atoms with van der Waals surface area (Å²) in [6, 6.07) is 7.92. The fourth-order valence-electron chi connectivity index (χ4n) is 1.44. The molecule has 0 aromatic heterocycles. The van der Waals surface area contributed by atoms with E-state index in [0.29, 0.717) is 18.0 Å². The van der Waals surface area contributed by atoms with Crippen molar-refractivity contribution in [2.75, 3.05) is 6.54 Å². The zero-order valence-electron chi connectivity index (χ0n) is 10.2. The first kappa shape index (κ1) is 13.6. The minimum absolute atomic E-state index is 0.00120. The average Bonchev–Trinajstić information content (AvgIpc) is 2.25. The van der Waals surface area contributed by atoms with E-state index in [1.807, 2.05) is 38.1 Å². The minimum Gasteiger partial charge on any atom is -0.393 e. The van der Waals surface area contributed by atoms with Gasteiger partial charge in [0.2, 0.25) is 5.91 Å². The normalized spacial score (nSPS) is 11.9. The lowest BCUT2D eigenvalue weighted by atomic mass is 10.1. The van der Waals surface area contributed by atoms with E-state index < -0.39 is 0 Å². The van der Waals surface area contributed by atoms with Gasteiger partial charge in [0, 0.05) is 12.5 Å². The topological polar surface area (TPSA) is 55.1 Å². The maximum Gasteiger partial charge on any atom is 0.224 e. The molecule has 1 unspecified atom stereocenters. The van der Waals surface area contributed by atoms with E-state index in [-0.39, 0.29) is 11.8 Å². The molecule has 3 N–H and O–H groups in total. The molecule has 1 atom stereocenters. The first-order chi connectivity index (χ1) is 7.99. The number of nitrogens with two attached hydrogens (primary N) is 1. The summed E-state index contributed by atoms with van der Waals surface area (Å²) in [5.74, 6) is 0.0326. The molecule has 1 rings (SSSR count). The van der Waals surface area contributed by atoms with E-state index in [1.54, 1.807) is 0 Å². The van der Waals surface area contributed by atoms with Gasteiger partial charge in [-0.25, -0.2) is 0 Å². The Bertz CT molecular complexity index is 418. The van der Waals surface area contributed by atoms with Crippen LogP contribution in [-0.2, 0) is 11.2 Å². The molecule has 92 valence electrons. The van der Waals surface area contributed by atoms with Crippen LogP contribution in [0.25, 0.3) is 0 Å². The maximum absolute atomic E-state index is 11.7. The summed E-state index contributed by atoms with van der Waals surface area (Å²) in [5.41, 5.74) is 7.65. The van der Waals surface area contributed by atoms with Gasteiger partial charge in [-0.3, -0.25) is 4.79 Å². The van der Waals surface area contributed by atoms with Gasteiger partial charge in [0.1, 0.15) is 0 Å². The highest BCUT2D eigenvalue weighted by Crippen LogP contribution is 2.04. The quantitative estimate of drug-likeness (QED) is 0.780. The predicted molar refractivity (Wildman–Crippen MR) is 73.8 cm³/mol. The van der Waals surface area contributed by atoms with Gasteiger partial charge < -0.3 is 11.1 Å². The Kier molecular flexibility index (Phi) is 5.10. The average molecular weight is 250 g/mol. The zero-order valence-corrected chi connectivity index (χ0v) is 11.0. The number of carbonyl (C=O) groups is 1. The first-order valence-electron chi connectivity index (χ1n) is 5.60. The highest BCUT2D eigenvalue weighted by atomic mass is 32.1. The molecule has 0 saturated carbocycles. The summed E-state index contributed by atoms with van der Waals surface area (Å²) in [6.45, 7) is 4.41. The molecular formula is C13H18N2OS. The van der Waals surface area contributed by atoms with Crippen molar-refractivity contribution < 1.29 is 4.79 Å². The molecule has 0 heterocycles. The molecule has 1 aromatic rings. The minimum atomic E-state index is -0.00120. The SMILES string of the molecule is Cc1cccc(CC(=O)NCC(C)C(N)=S)c1. The largest absolute Gasteiger partial charge is 0.393 e. The van der Waals surface area contributed by atoms with Crippen LogP contribution in [0.4, 0.5) is 0 Å². The summed E-state index contributed by atoms with van der Waals surface area (Å²) < 4.78 is 0. The Balaban J connectivity index is 2.42. The van der Waals surface area contributed by atoms with Gasteiger partial charge in [0.15, 0.2) is 0 Å². The molecule has 0 aliphatic heterocycles. The second-order valence-electron chi connectivity index (χ2n) is 4.27. The van der Waals surface area contributed by atoms with Gasteiger partial charge in [0.05, 0.1) is 11.4 Å². The number of thiocarbonyl (C=S) groups is 1. The van der Waals surface area contributed by atoms with E-state index in [0.717, 1.165) is 11.1 Å². The van der Waals surface area contributed by atoms with E-state index in [1.165, 1.54) is 0 Å². The van der Waals surface area contributed by atoms with E-state index in [9.17, 15) is 4.79 Å². The first-order valence-corrected chi connectivity index (χ1v) is 6.01. The summed E-state index contributed by atoms with van der Waals surface area (Å²) in [5, 5.41) is 2.83. The molecule has 3 nitrogen and oxygen atoms in total. The summed E-state index contributed by atoms with van der Waals surface area (Å²) in [6.07, 6.45) is 0.395. The molecule has 0 radical (unpaired) electrons. The third kappa shape index (κ3) is 4.95. The molecule has 0 spiro atoms. The van der Waals surface area contributed by atoms with Gasteiger partial charge in [-0.1, -0.05) is 49.0 Å². The van der Waals surface area contributed by atoms with Crippen LogP contribution < -0.4 is 11.1 Å². The van der Waals surface area contributed by atoms with Crippen LogP contribution in [0, 0.1) is 12.8 Å². The fourth-order valence-corrected chi connectivity index (χ4v) is 1.52. The molecule has 0 aliphatic rings. The molecule has 0 aliphatic carbocycles. The number of nitrogens with one attached hydrogen (secondary N) is 1. The summed E-state index contributed by atoms with van der Waals surface area (Å²) in [7, 11) is 0. The van der Waals surface area contributed by atoms with Crippen LogP contribution in [0.3, 0.4) is 0 Å². The predicted octanol–water partition coefficient (Wildman–Crippen LogP) is 1.58. The standard InChI is InChI=1S/C13H18N2OS/c1-9-4-3-5-11(6-9)7-12(16)15-8-10(2)13(14)17/h3-6,10H,7-8H2,1-2H3,(H2,14,17)(H,15,16). The second kappa shape index (κ2) is 6.35. The third-order valence-electron chi connectivity index (χ3n) is 2.54. The van der Waals surface area contributed by atoms with Crippen molar-refractivity contribution in [2.24, 2.45) is 11.7 Å². The molecule has 0 fully saturated rings. The Hall–Kier alpha value is -1.42. The number of aryl methyl sites for hydroxylation is 1. The molecule has 1 aromatic carbocycles.